The zero-order valence-corrected chi connectivity index (χ0v) is 5.69. The van der Waals surface area contributed by atoms with Crippen molar-refractivity contribution in [3.8, 4) is 0 Å². The highest BCUT2D eigenvalue weighted by Crippen LogP contribution is 2.25. The average Bonchev–Trinajstić information content (AvgIpc) is 2.33. The van der Waals surface area contributed by atoms with Gasteiger partial charge in [-0.25, -0.2) is 0 Å². The Morgan fingerprint density at radius 3 is 3.22 bits per heavy atom. The van der Waals surface area contributed by atoms with Crippen LogP contribution in [0.15, 0.2) is 6.26 Å². The zero-order valence-electron chi connectivity index (χ0n) is 4.87. The van der Waals surface area contributed by atoms with Crippen molar-refractivity contribution in [1.82, 2.24) is 0 Å². The van der Waals surface area contributed by atoms with Gasteiger partial charge in [0.2, 0.25) is 0 Å². The van der Waals surface area contributed by atoms with E-state index in [-0.39, 0.29) is 12.2 Å². The Labute approximate surface area is 58.2 Å². The standard InChI is InChI=1S/C6H7O2S/c1-2-8-6-4-9-3-5(6)7-1/h1,5-6H,3-4H2. The maximum Gasteiger partial charge on any atom is 0.199 e. The molecule has 0 aromatic heterocycles. The molecule has 0 amide bonds. The third kappa shape index (κ3) is 0.894. The van der Waals surface area contributed by atoms with Gasteiger partial charge in [-0.1, -0.05) is 0 Å². The quantitative estimate of drug-likeness (QED) is 0.499. The minimum Gasteiger partial charge on any atom is -0.489 e. The summed E-state index contributed by atoms with van der Waals surface area (Å²) in [6.45, 7) is 0. The van der Waals surface area contributed by atoms with Crippen molar-refractivity contribution in [2.75, 3.05) is 11.5 Å². The van der Waals surface area contributed by atoms with E-state index in [1.807, 2.05) is 11.8 Å². The minimum atomic E-state index is 0.264. The highest BCUT2D eigenvalue weighted by molar-refractivity contribution is 7.99. The SMILES string of the molecule is [C]1=COC2CSCC2O1. The van der Waals surface area contributed by atoms with Crippen LogP contribution in [-0.2, 0) is 9.47 Å². The lowest BCUT2D eigenvalue weighted by Gasteiger charge is -2.20. The van der Waals surface area contributed by atoms with Crippen LogP contribution in [0.25, 0.3) is 0 Å². The molecule has 1 saturated heterocycles. The summed E-state index contributed by atoms with van der Waals surface area (Å²) < 4.78 is 10.4. The van der Waals surface area contributed by atoms with Gasteiger partial charge in [0.1, 0.15) is 18.5 Å². The van der Waals surface area contributed by atoms with Gasteiger partial charge in [-0.15, -0.1) is 0 Å². The Bertz CT molecular complexity index is 121. The van der Waals surface area contributed by atoms with Crippen molar-refractivity contribution >= 4 is 11.8 Å². The third-order valence-electron chi connectivity index (χ3n) is 1.49. The van der Waals surface area contributed by atoms with Crippen LogP contribution in [0.4, 0.5) is 0 Å². The van der Waals surface area contributed by atoms with E-state index in [1.54, 1.807) is 0 Å². The molecule has 2 atom stereocenters. The zero-order chi connectivity index (χ0) is 6.10. The molecule has 1 radical (unpaired) electrons. The molecular weight excluding hydrogens is 136 g/mol. The third-order valence-corrected chi connectivity index (χ3v) is 2.62. The van der Waals surface area contributed by atoms with Crippen molar-refractivity contribution in [3.63, 3.8) is 0 Å². The Hall–Kier alpha value is -0.310. The Morgan fingerprint density at radius 1 is 1.44 bits per heavy atom. The monoisotopic (exact) mass is 143 g/mol. The molecule has 0 aromatic rings. The molecule has 0 N–H and O–H groups in total. The van der Waals surface area contributed by atoms with E-state index < -0.39 is 0 Å². The Kier molecular flexibility index (Phi) is 1.30. The molecule has 0 aliphatic carbocycles. The van der Waals surface area contributed by atoms with Crippen LogP contribution in [-0.4, -0.2) is 23.7 Å². The van der Waals surface area contributed by atoms with Gasteiger partial charge in [0.05, 0.1) is 0 Å². The maximum absolute atomic E-state index is 5.22. The van der Waals surface area contributed by atoms with Gasteiger partial charge in [-0.2, -0.15) is 11.8 Å². The van der Waals surface area contributed by atoms with Gasteiger partial charge >= 0.3 is 0 Å². The van der Waals surface area contributed by atoms with Crippen LogP contribution in [0.1, 0.15) is 0 Å². The summed E-state index contributed by atoms with van der Waals surface area (Å²) in [5.74, 6) is 2.11. The summed E-state index contributed by atoms with van der Waals surface area (Å²) >= 11 is 1.87. The molecule has 2 heterocycles. The van der Waals surface area contributed by atoms with Gasteiger partial charge in [0, 0.05) is 11.5 Å². The molecule has 2 nitrogen and oxygen atoms in total. The molecule has 2 aliphatic heterocycles. The Balaban J connectivity index is 2.07. The molecule has 3 heteroatoms. The van der Waals surface area contributed by atoms with Gasteiger partial charge in [-0.3, -0.25) is 0 Å². The van der Waals surface area contributed by atoms with Gasteiger partial charge in [0.25, 0.3) is 0 Å². The van der Waals surface area contributed by atoms with Gasteiger partial charge in [0.15, 0.2) is 6.26 Å². The lowest BCUT2D eigenvalue weighted by atomic mass is 10.2. The maximum atomic E-state index is 5.22. The fourth-order valence-electron chi connectivity index (χ4n) is 0.982. The molecule has 1 fully saturated rings. The second-order valence-electron chi connectivity index (χ2n) is 2.10. The molecule has 0 bridgehead atoms. The van der Waals surface area contributed by atoms with Gasteiger partial charge in [-0.05, 0) is 0 Å². The van der Waals surface area contributed by atoms with E-state index in [1.165, 1.54) is 6.26 Å². The molecule has 9 heavy (non-hydrogen) atoms. The summed E-state index contributed by atoms with van der Waals surface area (Å²) in [4.78, 5) is 0. The number of rotatable bonds is 0. The highest BCUT2D eigenvalue weighted by atomic mass is 32.2. The van der Waals surface area contributed by atoms with E-state index in [9.17, 15) is 0 Å². The predicted molar refractivity (Wildman–Crippen MR) is 34.9 cm³/mol. The molecule has 49 valence electrons. The number of thioether (sulfide) groups is 1. The first-order valence-electron chi connectivity index (χ1n) is 2.93. The molecule has 2 unspecified atom stereocenters. The minimum absolute atomic E-state index is 0.264. The number of hydrogen-bond donors (Lipinski definition) is 0. The summed E-state index contributed by atoms with van der Waals surface area (Å²) in [7, 11) is 0. The van der Waals surface area contributed by atoms with Crippen molar-refractivity contribution < 1.29 is 9.47 Å². The van der Waals surface area contributed by atoms with Crippen molar-refractivity contribution in [3.05, 3.63) is 12.5 Å². The lowest BCUT2D eigenvalue weighted by molar-refractivity contribution is -0.0115. The van der Waals surface area contributed by atoms with Crippen LogP contribution in [0.2, 0.25) is 0 Å². The van der Waals surface area contributed by atoms with Gasteiger partial charge < -0.3 is 9.47 Å². The topological polar surface area (TPSA) is 18.5 Å². The molecule has 0 saturated carbocycles. The smallest absolute Gasteiger partial charge is 0.199 e. The molecule has 0 aromatic carbocycles. The first-order valence-corrected chi connectivity index (χ1v) is 4.08. The summed E-state index contributed by atoms with van der Waals surface area (Å²) in [5.41, 5.74) is 0. The van der Waals surface area contributed by atoms with E-state index in [4.69, 9.17) is 9.47 Å². The lowest BCUT2D eigenvalue weighted by Crippen LogP contribution is -2.29. The number of ether oxygens (including phenoxy) is 2. The van der Waals surface area contributed by atoms with Crippen LogP contribution in [0.5, 0.6) is 0 Å². The second kappa shape index (κ2) is 2.14. The summed E-state index contributed by atoms with van der Waals surface area (Å²) in [6, 6.07) is 0. The normalized spacial score (nSPS) is 39.1. The van der Waals surface area contributed by atoms with E-state index >= 15 is 0 Å². The van der Waals surface area contributed by atoms with Crippen molar-refractivity contribution in [2.45, 2.75) is 12.2 Å². The molecule has 2 rings (SSSR count). The predicted octanol–water partition coefficient (Wildman–Crippen LogP) is 0.792. The largest absolute Gasteiger partial charge is 0.489 e. The first-order chi connectivity index (χ1) is 4.47. The number of hydrogen-bond acceptors (Lipinski definition) is 3. The Morgan fingerprint density at radius 2 is 2.33 bits per heavy atom. The van der Waals surface area contributed by atoms with Crippen molar-refractivity contribution in [1.29, 1.82) is 0 Å². The van der Waals surface area contributed by atoms with E-state index in [0.717, 1.165) is 11.5 Å². The fourth-order valence-corrected chi connectivity index (χ4v) is 2.16. The van der Waals surface area contributed by atoms with Crippen molar-refractivity contribution in [2.24, 2.45) is 0 Å². The van der Waals surface area contributed by atoms with E-state index in [0.29, 0.717) is 0 Å². The van der Waals surface area contributed by atoms with Crippen LogP contribution in [0.3, 0.4) is 0 Å². The highest BCUT2D eigenvalue weighted by Gasteiger charge is 2.31. The molecule has 2 aliphatic rings. The van der Waals surface area contributed by atoms with E-state index in [2.05, 4.69) is 6.26 Å². The first kappa shape index (κ1) is 5.47. The summed E-state index contributed by atoms with van der Waals surface area (Å²) in [6.07, 6.45) is 4.65. The fraction of sp³-hybridized carbons (Fsp3) is 0.667. The van der Waals surface area contributed by atoms with Crippen LogP contribution < -0.4 is 0 Å². The molecule has 0 spiro atoms. The molecular formula is C6H7O2S. The summed E-state index contributed by atoms with van der Waals surface area (Å²) in [5, 5.41) is 0. The average molecular weight is 143 g/mol. The second-order valence-corrected chi connectivity index (χ2v) is 3.18. The number of fused-ring (bicyclic) bond motifs is 1. The van der Waals surface area contributed by atoms with Crippen LogP contribution in [0, 0.1) is 6.26 Å². The van der Waals surface area contributed by atoms with Crippen LogP contribution >= 0.6 is 11.8 Å².